The molecule has 1 amide bonds. The molecule has 1 aliphatic rings. The average molecular weight is 642 g/mol. The van der Waals surface area contributed by atoms with E-state index < -0.39 is 12.0 Å². The Kier molecular flexibility index (Phi) is 10.0. The fraction of sp³-hybridized carbons (Fsp3) is 0.257. The zero-order valence-electron chi connectivity index (χ0n) is 26.3. The molecule has 238 valence electrons. The maximum Gasteiger partial charge on any atom is 0.338 e. The molecule has 0 saturated carbocycles. The average Bonchev–Trinajstić information content (AvgIpc) is 3.34. The lowest BCUT2D eigenvalue weighted by Gasteiger charge is -2.24. The van der Waals surface area contributed by atoms with Gasteiger partial charge in [-0.1, -0.05) is 41.7 Å². The standard InChI is InChI=1S/C35H35N3O7S/c1-6-43-26-14-12-24(13-15-26)32-31(34(41)44-7-2)22(4)36-35-38(32)33(40)29(46-35)19-23-11-16-27(28(18-23)42-5)45-20-30(39)37-25-10-8-9-21(3)17-25/h8-19,32H,6-7,20H2,1-5H3,(H,37,39)/b29-19-/t32-/m1/s1. The van der Waals surface area contributed by atoms with E-state index in [0.717, 1.165) is 11.1 Å². The Bertz CT molecular complexity index is 1980. The number of aromatic nitrogens is 1. The van der Waals surface area contributed by atoms with E-state index in [9.17, 15) is 14.4 Å². The predicted molar refractivity (Wildman–Crippen MR) is 176 cm³/mol. The summed E-state index contributed by atoms with van der Waals surface area (Å²) in [6.45, 7) is 7.83. The SMILES string of the molecule is CCOC(=O)C1=C(C)N=c2s/c(=C\c3ccc(OCC(=O)Nc4cccc(C)c4)c(OC)c3)c(=O)n2[C@@H]1c1ccc(OCC)cc1. The van der Waals surface area contributed by atoms with Crippen molar-refractivity contribution >= 4 is 35.0 Å². The Morgan fingerprint density at radius 2 is 1.76 bits per heavy atom. The fourth-order valence-corrected chi connectivity index (χ4v) is 6.17. The van der Waals surface area contributed by atoms with E-state index in [1.165, 1.54) is 23.0 Å². The second-order valence-corrected chi connectivity index (χ2v) is 11.4. The van der Waals surface area contributed by atoms with Gasteiger partial charge in [0.05, 0.1) is 42.2 Å². The number of carbonyl (C=O) groups excluding carboxylic acids is 2. The summed E-state index contributed by atoms with van der Waals surface area (Å²) >= 11 is 1.22. The van der Waals surface area contributed by atoms with Crippen molar-refractivity contribution < 1.29 is 28.5 Å². The number of carbonyl (C=O) groups is 2. The molecule has 1 N–H and O–H groups in total. The highest BCUT2D eigenvalue weighted by Gasteiger charge is 2.33. The van der Waals surface area contributed by atoms with Gasteiger partial charge in [0.2, 0.25) is 0 Å². The Morgan fingerprint density at radius 3 is 2.46 bits per heavy atom. The van der Waals surface area contributed by atoms with E-state index in [4.69, 9.17) is 18.9 Å². The van der Waals surface area contributed by atoms with Crippen LogP contribution >= 0.6 is 11.3 Å². The quantitative estimate of drug-likeness (QED) is 0.239. The smallest absolute Gasteiger partial charge is 0.338 e. The van der Waals surface area contributed by atoms with Gasteiger partial charge >= 0.3 is 5.97 Å². The molecule has 0 aliphatic carbocycles. The molecule has 1 aromatic heterocycles. The van der Waals surface area contributed by atoms with Gasteiger partial charge in [0.1, 0.15) is 5.75 Å². The van der Waals surface area contributed by atoms with E-state index >= 15 is 0 Å². The Morgan fingerprint density at radius 1 is 0.978 bits per heavy atom. The third-order valence-corrected chi connectivity index (χ3v) is 8.15. The fourth-order valence-electron chi connectivity index (χ4n) is 5.13. The zero-order chi connectivity index (χ0) is 32.8. The van der Waals surface area contributed by atoms with Crippen molar-refractivity contribution in [1.29, 1.82) is 0 Å². The molecule has 11 heteroatoms. The van der Waals surface area contributed by atoms with Gasteiger partial charge < -0.3 is 24.3 Å². The Hall–Kier alpha value is -5.16. The van der Waals surface area contributed by atoms with Crippen LogP contribution in [0.1, 0.15) is 43.5 Å². The number of hydrogen-bond acceptors (Lipinski definition) is 9. The summed E-state index contributed by atoms with van der Waals surface area (Å²) in [5.74, 6) is 0.635. The monoisotopic (exact) mass is 641 g/mol. The molecule has 3 aromatic carbocycles. The highest BCUT2D eigenvalue weighted by atomic mass is 32.1. The predicted octanol–water partition coefficient (Wildman–Crippen LogP) is 4.53. The third-order valence-electron chi connectivity index (χ3n) is 7.17. The van der Waals surface area contributed by atoms with Gasteiger partial charge in [0, 0.05) is 5.69 Å². The number of aryl methyl sites for hydroxylation is 1. The maximum atomic E-state index is 14.0. The number of hydrogen-bond donors (Lipinski definition) is 1. The van der Waals surface area contributed by atoms with Crippen molar-refractivity contribution in [3.63, 3.8) is 0 Å². The summed E-state index contributed by atoms with van der Waals surface area (Å²) in [5.41, 5.74) is 3.61. The van der Waals surface area contributed by atoms with Crippen LogP contribution in [0.4, 0.5) is 5.69 Å². The van der Waals surface area contributed by atoms with Gasteiger partial charge in [-0.2, -0.15) is 0 Å². The molecule has 0 unspecified atom stereocenters. The lowest BCUT2D eigenvalue weighted by atomic mass is 9.96. The number of nitrogens with zero attached hydrogens (tertiary/aromatic N) is 2. The van der Waals surface area contributed by atoms with Crippen molar-refractivity contribution in [3.8, 4) is 17.2 Å². The van der Waals surface area contributed by atoms with Crippen molar-refractivity contribution in [3.05, 3.63) is 114 Å². The molecule has 0 saturated heterocycles. The zero-order valence-corrected chi connectivity index (χ0v) is 27.1. The van der Waals surface area contributed by atoms with Gasteiger partial charge in [0.15, 0.2) is 22.9 Å². The van der Waals surface area contributed by atoms with Gasteiger partial charge in [-0.25, -0.2) is 9.79 Å². The highest BCUT2D eigenvalue weighted by Crippen LogP contribution is 2.32. The molecular formula is C35H35N3O7S. The molecule has 4 aromatic rings. The normalized spacial score (nSPS) is 14.3. The van der Waals surface area contributed by atoms with Crippen LogP contribution < -0.4 is 34.4 Å². The molecule has 46 heavy (non-hydrogen) atoms. The first-order valence-corrected chi connectivity index (χ1v) is 15.6. The largest absolute Gasteiger partial charge is 0.494 e. The topological polar surface area (TPSA) is 117 Å². The Balaban J connectivity index is 1.46. The minimum atomic E-state index is -0.732. The van der Waals surface area contributed by atoms with E-state index in [0.29, 0.717) is 55.7 Å². The van der Waals surface area contributed by atoms with Crippen molar-refractivity contribution in [1.82, 2.24) is 4.57 Å². The summed E-state index contributed by atoms with van der Waals surface area (Å²) < 4.78 is 24.2. The first kappa shape index (κ1) is 32.2. The van der Waals surface area contributed by atoms with Crippen LogP contribution in [-0.2, 0) is 14.3 Å². The molecule has 2 heterocycles. The molecule has 0 spiro atoms. The number of methoxy groups -OCH3 is 1. The number of allylic oxidation sites excluding steroid dienone is 1. The van der Waals surface area contributed by atoms with Crippen LogP contribution in [0.2, 0.25) is 0 Å². The van der Waals surface area contributed by atoms with Gasteiger partial charge in [0.25, 0.3) is 11.5 Å². The number of fused-ring (bicyclic) bond motifs is 1. The van der Waals surface area contributed by atoms with Crippen molar-refractivity contribution in [2.45, 2.75) is 33.7 Å². The number of nitrogens with one attached hydrogen (secondary N) is 1. The van der Waals surface area contributed by atoms with Crippen molar-refractivity contribution in [2.75, 3.05) is 32.2 Å². The molecule has 1 aliphatic heterocycles. The summed E-state index contributed by atoms with van der Waals surface area (Å²) in [6, 6.07) is 19.3. The van der Waals surface area contributed by atoms with Crippen LogP contribution in [0.15, 0.2) is 87.8 Å². The maximum absolute atomic E-state index is 14.0. The molecule has 1 atom stereocenters. The number of rotatable bonds is 11. The summed E-state index contributed by atoms with van der Waals surface area (Å²) in [7, 11) is 1.50. The number of ether oxygens (including phenoxy) is 4. The van der Waals surface area contributed by atoms with E-state index in [1.54, 1.807) is 38.1 Å². The lowest BCUT2D eigenvalue weighted by molar-refractivity contribution is -0.139. The number of esters is 1. The second-order valence-electron chi connectivity index (χ2n) is 10.4. The number of benzene rings is 3. The minimum absolute atomic E-state index is 0.189. The van der Waals surface area contributed by atoms with Gasteiger partial charge in [-0.05, 0) is 86.9 Å². The number of amides is 1. The van der Waals surface area contributed by atoms with Crippen LogP contribution in [0.25, 0.3) is 6.08 Å². The molecule has 0 radical (unpaired) electrons. The van der Waals surface area contributed by atoms with Crippen LogP contribution in [-0.4, -0.2) is 43.4 Å². The third kappa shape index (κ3) is 7.05. The molecule has 0 fully saturated rings. The molecule has 10 nitrogen and oxygen atoms in total. The van der Waals surface area contributed by atoms with Gasteiger partial charge in [-0.3, -0.25) is 14.2 Å². The molecular weight excluding hydrogens is 606 g/mol. The minimum Gasteiger partial charge on any atom is -0.494 e. The van der Waals surface area contributed by atoms with Crippen LogP contribution in [0.3, 0.4) is 0 Å². The first-order valence-electron chi connectivity index (χ1n) is 14.8. The van der Waals surface area contributed by atoms with Crippen molar-refractivity contribution in [2.24, 2.45) is 4.99 Å². The summed E-state index contributed by atoms with van der Waals surface area (Å²) in [6.07, 6.45) is 1.74. The summed E-state index contributed by atoms with van der Waals surface area (Å²) in [4.78, 5) is 44.7. The van der Waals surface area contributed by atoms with Gasteiger partial charge in [-0.15, -0.1) is 0 Å². The first-order chi connectivity index (χ1) is 22.2. The molecule has 0 bridgehead atoms. The second kappa shape index (κ2) is 14.3. The highest BCUT2D eigenvalue weighted by molar-refractivity contribution is 7.07. The van der Waals surface area contributed by atoms with Crippen LogP contribution in [0.5, 0.6) is 17.2 Å². The number of anilines is 1. The van der Waals surface area contributed by atoms with E-state index in [-0.39, 0.29) is 24.7 Å². The van der Waals surface area contributed by atoms with E-state index in [1.807, 2.05) is 62.4 Å². The number of thiazole rings is 1. The molecule has 5 rings (SSSR count). The Labute approximate surface area is 270 Å². The van der Waals surface area contributed by atoms with Crippen LogP contribution in [0, 0.1) is 6.92 Å². The van der Waals surface area contributed by atoms with E-state index in [2.05, 4.69) is 10.3 Å². The lowest BCUT2D eigenvalue weighted by Crippen LogP contribution is -2.39. The summed E-state index contributed by atoms with van der Waals surface area (Å²) in [5, 5.41) is 2.81.